The van der Waals surface area contributed by atoms with E-state index >= 15 is 0 Å². The van der Waals surface area contributed by atoms with Gasteiger partial charge in [0, 0.05) is 18.9 Å². The highest BCUT2D eigenvalue weighted by atomic mass is 19.2. The molecule has 1 fully saturated rings. The molecule has 0 spiro atoms. The quantitative estimate of drug-likeness (QED) is 0.928. The molecule has 3 rings (SSSR count). The maximum atomic E-state index is 13.4. The fourth-order valence-corrected chi connectivity index (χ4v) is 2.74. The molecule has 1 aromatic heterocycles. The number of rotatable bonds is 3. The van der Waals surface area contributed by atoms with Crippen LogP contribution in [0.15, 0.2) is 42.7 Å². The van der Waals surface area contributed by atoms with E-state index in [1.807, 2.05) is 19.1 Å². The summed E-state index contributed by atoms with van der Waals surface area (Å²) in [6.45, 7) is 2.92. The molecule has 0 radical (unpaired) electrons. The number of urea groups is 1. The Morgan fingerprint density at radius 1 is 1.36 bits per heavy atom. The summed E-state index contributed by atoms with van der Waals surface area (Å²) in [7, 11) is 0. The van der Waals surface area contributed by atoms with Crippen molar-refractivity contribution in [1.82, 2.24) is 15.2 Å². The highest BCUT2D eigenvalue weighted by molar-refractivity contribution is 5.74. The third kappa shape index (κ3) is 4.11. The van der Waals surface area contributed by atoms with Gasteiger partial charge in [0.15, 0.2) is 11.6 Å². The second kappa shape index (κ2) is 7.57. The molecule has 0 aliphatic carbocycles. The van der Waals surface area contributed by atoms with Crippen molar-refractivity contribution in [2.75, 3.05) is 19.7 Å². The van der Waals surface area contributed by atoms with Gasteiger partial charge in [-0.05, 0) is 36.2 Å². The van der Waals surface area contributed by atoms with E-state index in [1.54, 1.807) is 17.3 Å². The monoisotopic (exact) mass is 347 g/mol. The lowest BCUT2D eigenvalue weighted by Crippen LogP contribution is -2.47. The first-order chi connectivity index (χ1) is 12.0. The number of halogens is 2. The Balaban J connectivity index is 1.64. The number of nitrogens with one attached hydrogen (secondary N) is 1. The van der Waals surface area contributed by atoms with E-state index in [1.165, 1.54) is 6.07 Å². The second-order valence-electron chi connectivity index (χ2n) is 5.94. The minimum atomic E-state index is -0.923. The van der Waals surface area contributed by atoms with Crippen molar-refractivity contribution in [2.45, 2.75) is 19.1 Å². The number of hydrogen-bond acceptors (Lipinski definition) is 3. The Kier molecular flexibility index (Phi) is 5.23. The molecule has 25 heavy (non-hydrogen) atoms. The number of pyridine rings is 1. The van der Waals surface area contributed by atoms with Crippen molar-refractivity contribution in [3.05, 3.63) is 65.5 Å². The molecule has 1 saturated heterocycles. The molecule has 1 N–H and O–H groups in total. The van der Waals surface area contributed by atoms with Crippen LogP contribution >= 0.6 is 0 Å². The molecule has 1 aliphatic rings. The molecule has 2 aromatic rings. The van der Waals surface area contributed by atoms with Crippen LogP contribution in [0.5, 0.6) is 0 Å². The van der Waals surface area contributed by atoms with Crippen LogP contribution in [0, 0.1) is 11.6 Å². The van der Waals surface area contributed by atoms with E-state index < -0.39 is 17.7 Å². The van der Waals surface area contributed by atoms with Crippen LogP contribution in [0.3, 0.4) is 0 Å². The molecular formula is C18H19F2N3O2. The number of carbonyl (C=O) groups is 1. The summed E-state index contributed by atoms with van der Waals surface area (Å²) in [5.41, 5.74) is 1.41. The molecule has 0 bridgehead atoms. The van der Waals surface area contributed by atoms with Gasteiger partial charge in [-0.1, -0.05) is 12.1 Å². The highest BCUT2D eigenvalue weighted by Crippen LogP contribution is 2.24. The van der Waals surface area contributed by atoms with E-state index in [0.717, 1.165) is 17.7 Å². The zero-order valence-electron chi connectivity index (χ0n) is 13.8. The number of carbonyl (C=O) groups excluding carboxylic acids is 1. The molecule has 5 nitrogen and oxygen atoms in total. The number of amides is 2. The third-order valence-corrected chi connectivity index (χ3v) is 4.19. The molecular weight excluding hydrogens is 328 g/mol. The van der Waals surface area contributed by atoms with Crippen LogP contribution in [-0.2, 0) is 4.74 Å². The average Bonchev–Trinajstić information content (AvgIpc) is 2.64. The summed E-state index contributed by atoms with van der Waals surface area (Å²) in [4.78, 5) is 18.1. The van der Waals surface area contributed by atoms with Gasteiger partial charge in [-0.2, -0.15) is 0 Å². The lowest BCUT2D eigenvalue weighted by atomic mass is 10.1. The zero-order chi connectivity index (χ0) is 17.8. The number of hydrogen-bond donors (Lipinski definition) is 1. The summed E-state index contributed by atoms with van der Waals surface area (Å²) in [5, 5.41) is 2.92. The van der Waals surface area contributed by atoms with Gasteiger partial charge in [0.05, 0.1) is 19.2 Å². The van der Waals surface area contributed by atoms with Crippen molar-refractivity contribution in [3.8, 4) is 0 Å². The maximum absolute atomic E-state index is 13.4. The van der Waals surface area contributed by atoms with Gasteiger partial charge < -0.3 is 15.0 Å². The van der Waals surface area contributed by atoms with Crippen LogP contribution in [0.25, 0.3) is 0 Å². The molecule has 2 atom stereocenters. The molecule has 0 unspecified atom stereocenters. The van der Waals surface area contributed by atoms with Crippen molar-refractivity contribution in [2.24, 2.45) is 0 Å². The smallest absolute Gasteiger partial charge is 0.318 e. The fraction of sp³-hybridized carbons (Fsp3) is 0.333. The predicted octanol–water partition coefficient (Wildman–Crippen LogP) is 3.20. The number of morpholine rings is 1. The normalized spacial score (nSPS) is 18.7. The molecule has 0 saturated carbocycles. The van der Waals surface area contributed by atoms with Crippen molar-refractivity contribution in [3.63, 3.8) is 0 Å². The van der Waals surface area contributed by atoms with E-state index in [0.29, 0.717) is 18.7 Å². The predicted molar refractivity (Wildman–Crippen MR) is 87.8 cm³/mol. The van der Waals surface area contributed by atoms with Gasteiger partial charge in [0.25, 0.3) is 0 Å². The minimum Gasteiger partial charge on any atom is -0.370 e. The average molecular weight is 347 g/mol. The molecule has 2 amide bonds. The van der Waals surface area contributed by atoms with Gasteiger partial charge >= 0.3 is 6.03 Å². The number of ether oxygens (including phenoxy) is 1. The van der Waals surface area contributed by atoms with Gasteiger partial charge in [-0.15, -0.1) is 0 Å². The maximum Gasteiger partial charge on any atom is 0.318 e. The van der Waals surface area contributed by atoms with Crippen LogP contribution in [0.1, 0.15) is 30.2 Å². The zero-order valence-corrected chi connectivity index (χ0v) is 13.8. The van der Waals surface area contributed by atoms with Crippen molar-refractivity contribution in [1.29, 1.82) is 0 Å². The highest BCUT2D eigenvalue weighted by Gasteiger charge is 2.26. The summed E-state index contributed by atoms with van der Waals surface area (Å²) in [6, 6.07) is 6.94. The standard InChI is InChI=1S/C18H19F2N3O2/c1-12(14-3-2-6-21-10-14)22-18(24)23-7-8-25-17(11-23)13-4-5-15(19)16(20)9-13/h2-6,9-10,12,17H,7-8,11H2,1H3,(H,22,24)/t12-,17-/m0/s1. The lowest BCUT2D eigenvalue weighted by molar-refractivity contribution is -0.0159. The third-order valence-electron chi connectivity index (χ3n) is 4.19. The first kappa shape index (κ1) is 17.3. The summed E-state index contributed by atoms with van der Waals surface area (Å²) >= 11 is 0. The van der Waals surface area contributed by atoms with Gasteiger partial charge in [0.2, 0.25) is 0 Å². The topological polar surface area (TPSA) is 54.5 Å². The number of nitrogens with zero attached hydrogens (tertiary/aromatic N) is 2. The van der Waals surface area contributed by atoms with Gasteiger partial charge in [-0.3, -0.25) is 4.98 Å². The number of benzene rings is 1. The van der Waals surface area contributed by atoms with Gasteiger partial charge in [0.1, 0.15) is 6.10 Å². The van der Waals surface area contributed by atoms with Gasteiger partial charge in [-0.25, -0.2) is 13.6 Å². The van der Waals surface area contributed by atoms with E-state index in [4.69, 9.17) is 4.74 Å². The summed E-state index contributed by atoms with van der Waals surface area (Å²) < 4.78 is 32.1. The van der Waals surface area contributed by atoms with Crippen molar-refractivity contribution >= 4 is 6.03 Å². The largest absolute Gasteiger partial charge is 0.370 e. The van der Waals surface area contributed by atoms with Crippen LogP contribution < -0.4 is 5.32 Å². The Bertz CT molecular complexity index is 742. The van der Waals surface area contributed by atoms with E-state index in [-0.39, 0.29) is 18.6 Å². The second-order valence-corrected chi connectivity index (χ2v) is 5.94. The Labute approximate surface area is 144 Å². The van der Waals surface area contributed by atoms with Crippen LogP contribution in [0.4, 0.5) is 13.6 Å². The first-order valence-electron chi connectivity index (χ1n) is 8.06. The summed E-state index contributed by atoms with van der Waals surface area (Å²) in [5.74, 6) is -1.83. The van der Waals surface area contributed by atoms with Crippen LogP contribution in [0.2, 0.25) is 0 Å². The lowest BCUT2D eigenvalue weighted by Gasteiger charge is -2.34. The SMILES string of the molecule is C[C@H](NC(=O)N1CCO[C@H](c2ccc(F)c(F)c2)C1)c1cccnc1. The Hall–Kier alpha value is -2.54. The Morgan fingerprint density at radius 2 is 2.20 bits per heavy atom. The molecule has 2 heterocycles. The van der Waals surface area contributed by atoms with E-state index in [2.05, 4.69) is 10.3 Å². The van der Waals surface area contributed by atoms with Crippen LogP contribution in [-0.4, -0.2) is 35.6 Å². The molecule has 1 aliphatic heterocycles. The Morgan fingerprint density at radius 3 is 2.92 bits per heavy atom. The van der Waals surface area contributed by atoms with Crippen molar-refractivity contribution < 1.29 is 18.3 Å². The molecule has 132 valence electrons. The first-order valence-corrected chi connectivity index (χ1v) is 8.06. The fourth-order valence-electron chi connectivity index (χ4n) is 2.74. The molecule has 7 heteroatoms. The molecule has 1 aromatic carbocycles. The number of aromatic nitrogens is 1. The minimum absolute atomic E-state index is 0.189. The summed E-state index contributed by atoms with van der Waals surface area (Å²) in [6.07, 6.45) is 2.89. The van der Waals surface area contributed by atoms with E-state index in [9.17, 15) is 13.6 Å².